The van der Waals surface area contributed by atoms with Gasteiger partial charge in [0.2, 0.25) is 6.79 Å². The van der Waals surface area contributed by atoms with Gasteiger partial charge in [-0.25, -0.2) is 0 Å². The number of rotatable bonds is 7. The van der Waals surface area contributed by atoms with Crippen LogP contribution in [0.5, 0.6) is 5.75 Å². The number of ether oxygens (including phenoxy) is 3. The number of fused-ring (bicyclic) bond motifs is 1. The molecule has 1 N–H and O–H groups in total. The Morgan fingerprint density at radius 2 is 1.60 bits per heavy atom. The molecule has 0 aliphatic heterocycles. The van der Waals surface area contributed by atoms with E-state index in [2.05, 4.69) is 19.1 Å². The van der Waals surface area contributed by atoms with Crippen LogP contribution in [0.4, 0.5) is 0 Å². The number of aliphatic hydroxyl groups is 1. The van der Waals surface area contributed by atoms with Crippen LogP contribution < -0.4 is 4.74 Å². The van der Waals surface area contributed by atoms with E-state index in [4.69, 9.17) is 14.2 Å². The van der Waals surface area contributed by atoms with Gasteiger partial charge in [0.1, 0.15) is 11.9 Å². The lowest BCUT2D eigenvalue weighted by Gasteiger charge is -2.48. The van der Waals surface area contributed by atoms with Gasteiger partial charge in [-0.1, -0.05) is 19.1 Å². The molecular weight excluding hydrogens is 444 g/mol. The third-order valence-corrected chi connectivity index (χ3v) is 8.01. The fraction of sp³-hybridized carbons (Fsp3) is 0.724. The first-order chi connectivity index (χ1) is 16.3. The Morgan fingerprint density at radius 3 is 2.17 bits per heavy atom. The highest BCUT2D eigenvalue weighted by Crippen LogP contribution is 2.60. The zero-order valence-corrected chi connectivity index (χ0v) is 22.6. The van der Waals surface area contributed by atoms with Gasteiger partial charge in [-0.05, 0) is 109 Å². The summed E-state index contributed by atoms with van der Waals surface area (Å²) in [7, 11) is 0. The van der Waals surface area contributed by atoms with Crippen molar-refractivity contribution in [1.29, 1.82) is 0 Å². The molecule has 2 fully saturated rings. The van der Waals surface area contributed by atoms with Crippen LogP contribution in [0.3, 0.4) is 0 Å². The van der Waals surface area contributed by atoms with Crippen molar-refractivity contribution in [3.8, 4) is 5.75 Å². The van der Waals surface area contributed by atoms with Crippen LogP contribution in [0, 0.1) is 28.1 Å². The molecule has 0 heterocycles. The quantitative estimate of drug-likeness (QED) is 0.382. The maximum absolute atomic E-state index is 12.6. The third kappa shape index (κ3) is 6.19. The Hall–Kier alpha value is -2.08. The van der Waals surface area contributed by atoms with Crippen molar-refractivity contribution < 1.29 is 28.9 Å². The SMILES string of the molecule is CC(C)(C)C(=O)OCOc1ccc(C2CC[C@]3(C)[C@@H](OC(=O)C(C)(C)C)CC[C@H]3C2CCO)cc1. The third-order valence-electron chi connectivity index (χ3n) is 8.01. The second-order valence-corrected chi connectivity index (χ2v) is 12.7. The predicted octanol–water partition coefficient (Wildman–Crippen LogP) is 5.86. The Labute approximate surface area is 210 Å². The summed E-state index contributed by atoms with van der Waals surface area (Å²) in [5, 5.41) is 9.90. The number of aliphatic hydroxyl groups excluding tert-OH is 1. The molecule has 35 heavy (non-hydrogen) atoms. The molecule has 1 aromatic rings. The van der Waals surface area contributed by atoms with Gasteiger partial charge in [0, 0.05) is 12.0 Å². The smallest absolute Gasteiger partial charge is 0.314 e. The highest BCUT2D eigenvalue weighted by molar-refractivity contribution is 5.75. The van der Waals surface area contributed by atoms with E-state index in [1.165, 1.54) is 5.56 Å². The first kappa shape index (κ1) is 27.5. The molecule has 0 bridgehead atoms. The summed E-state index contributed by atoms with van der Waals surface area (Å²) < 4.78 is 16.9. The highest BCUT2D eigenvalue weighted by atomic mass is 16.7. The van der Waals surface area contributed by atoms with Gasteiger partial charge in [0.25, 0.3) is 0 Å². The van der Waals surface area contributed by atoms with Crippen molar-refractivity contribution in [2.24, 2.45) is 28.1 Å². The molecule has 0 radical (unpaired) electrons. The van der Waals surface area contributed by atoms with Gasteiger partial charge >= 0.3 is 11.9 Å². The van der Waals surface area contributed by atoms with Gasteiger partial charge in [-0.2, -0.15) is 0 Å². The average Bonchev–Trinajstić information content (AvgIpc) is 3.10. The predicted molar refractivity (Wildman–Crippen MR) is 135 cm³/mol. The van der Waals surface area contributed by atoms with Crippen molar-refractivity contribution in [1.82, 2.24) is 0 Å². The standard InChI is InChI=1S/C29H44O6/c1-27(2,3)25(31)34-18-33-20-10-8-19(9-11-20)21-14-16-29(7)23(22(21)15-17-30)12-13-24(29)35-26(32)28(4,5)6/h8-11,21-24,30H,12-18H2,1-7H3/t21?,22?,23-,24-,29-/m0/s1. The van der Waals surface area contributed by atoms with Gasteiger partial charge < -0.3 is 19.3 Å². The molecule has 5 atom stereocenters. The number of esters is 2. The lowest BCUT2D eigenvalue weighted by atomic mass is 9.58. The summed E-state index contributed by atoms with van der Waals surface area (Å²) in [6.45, 7) is 13.4. The van der Waals surface area contributed by atoms with E-state index in [9.17, 15) is 14.7 Å². The van der Waals surface area contributed by atoms with Crippen LogP contribution in [0.2, 0.25) is 0 Å². The molecule has 2 aliphatic rings. The largest absolute Gasteiger partial charge is 0.461 e. The molecule has 0 amide bonds. The zero-order valence-electron chi connectivity index (χ0n) is 22.6. The Kier molecular flexibility index (Phi) is 8.25. The highest BCUT2D eigenvalue weighted by Gasteiger charge is 2.55. The van der Waals surface area contributed by atoms with E-state index in [0.29, 0.717) is 23.5 Å². The molecule has 6 nitrogen and oxygen atoms in total. The van der Waals surface area contributed by atoms with E-state index < -0.39 is 10.8 Å². The molecule has 6 heteroatoms. The van der Waals surface area contributed by atoms with E-state index in [-0.39, 0.29) is 36.9 Å². The number of hydrogen-bond donors (Lipinski definition) is 1. The molecule has 3 rings (SSSR count). The second-order valence-electron chi connectivity index (χ2n) is 12.7. The fourth-order valence-electron chi connectivity index (χ4n) is 5.88. The normalized spacial score (nSPS) is 28.8. The monoisotopic (exact) mass is 488 g/mol. The summed E-state index contributed by atoms with van der Waals surface area (Å²) >= 11 is 0. The molecule has 0 aromatic heterocycles. The first-order valence-corrected chi connectivity index (χ1v) is 13.0. The summed E-state index contributed by atoms with van der Waals surface area (Å²) in [5.41, 5.74) is 0.108. The maximum atomic E-state index is 12.6. The van der Waals surface area contributed by atoms with E-state index in [1.54, 1.807) is 0 Å². The van der Waals surface area contributed by atoms with Gasteiger partial charge in [-0.15, -0.1) is 0 Å². The Bertz CT molecular complexity index is 878. The minimum Gasteiger partial charge on any atom is -0.461 e. The van der Waals surface area contributed by atoms with Crippen molar-refractivity contribution in [2.45, 2.75) is 92.6 Å². The van der Waals surface area contributed by atoms with Crippen molar-refractivity contribution in [2.75, 3.05) is 13.4 Å². The number of hydrogen-bond acceptors (Lipinski definition) is 6. The lowest BCUT2D eigenvalue weighted by Crippen LogP contribution is -2.45. The van der Waals surface area contributed by atoms with E-state index in [0.717, 1.165) is 32.1 Å². The summed E-state index contributed by atoms with van der Waals surface area (Å²) in [4.78, 5) is 24.5. The molecular formula is C29H44O6. The van der Waals surface area contributed by atoms with Crippen molar-refractivity contribution in [3.05, 3.63) is 29.8 Å². The Balaban J connectivity index is 1.68. The average molecular weight is 489 g/mol. The molecule has 0 saturated heterocycles. The van der Waals surface area contributed by atoms with E-state index >= 15 is 0 Å². The fourth-order valence-corrected chi connectivity index (χ4v) is 5.88. The minimum atomic E-state index is -0.561. The van der Waals surface area contributed by atoms with Gasteiger partial charge in [0.05, 0.1) is 10.8 Å². The Morgan fingerprint density at radius 1 is 0.971 bits per heavy atom. The number of carbonyl (C=O) groups is 2. The van der Waals surface area contributed by atoms with Crippen LogP contribution in [0.15, 0.2) is 24.3 Å². The molecule has 2 unspecified atom stereocenters. The second kappa shape index (κ2) is 10.5. The lowest BCUT2D eigenvalue weighted by molar-refractivity contribution is -0.167. The summed E-state index contributed by atoms with van der Waals surface area (Å²) in [5.74, 6) is 1.30. The molecule has 0 spiro atoms. The summed E-state index contributed by atoms with van der Waals surface area (Å²) in [6, 6.07) is 8.02. The first-order valence-electron chi connectivity index (χ1n) is 13.0. The van der Waals surface area contributed by atoms with E-state index in [1.807, 2.05) is 53.7 Å². The summed E-state index contributed by atoms with van der Waals surface area (Å²) in [6.07, 6.45) is 4.56. The molecule has 196 valence electrons. The van der Waals surface area contributed by atoms with Crippen molar-refractivity contribution in [3.63, 3.8) is 0 Å². The molecule has 2 saturated carbocycles. The zero-order chi connectivity index (χ0) is 26.0. The molecule has 2 aliphatic carbocycles. The molecule has 1 aromatic carbocycles. The topological polar surface area (TPSA) is 82.1 Å². The van der Waals surface area contributed by atoms with Gasteiger partial charge in [-0.3, -0.25) is 9.59 Å². The van der Waals surface area contributed by atoms with Crippen LogP contribution in [0.1, 0.15) is 92.1 Å². The van der Waals surface area contributed by atoms with Crippen LogP contribution in [0.25, 0.3) is 0 Å². The van der Waals surface area contributed by atoms with Crippen LogP contribution in [-0.4, -0.2) is 36.5 Å². The number of benzene rings is 1. The maximum Gasteiger partial charge on any atom is 0.314 e. The van der Waals surface area contributed by atoms with Crippen molar-refractivity contribution >= 4 is 11.9 Å². The van der Waals surface area contributed by atoms with Gasteiger partial charge in [0.15, 0.2) is 0 Å². The van der Waals surface area contributed by atoms with Crippen LogP contribution in [-0.2, 0) is 19.1 Å². The van der Waals surface area contributed by atoms with Crippen LogP contribution >= 0.6 is 0 Å². The minimum absolute atomic E-state index is 0.0583. The number of carbonyl (C=O) groups excluding carboxylic acids is 2.